The summed E-state index contributed by atoms with van der Waals surface area (Å²) in [7, 11) is -3.73. The van der Waals surface area contributed by atoms with Gasteiger partial charge in [0.2, 0.25) is 10.0 Å². The molecule has 112 valence electrons. The number of phenols is 1. The van der Waals surface area contributed by atoms with Crippen LogP contribution in [0.2, 0.25) is 0 Å². The summed E-state index contributed by atoms with van der Waals surface area (Å²) in [5.74, 6) is 0.195. The lowest BCUT2D eigenvalue weighted by molar-refractivity contribution is 0.474. The van der Waals surface area contributed by atoms with Gasteiger partial charge in [0.25, 0.3) is 0 Å². The van der Waals surface area contributed by atoms with Gasteiger partial charge in [0.15, 0.2) is 0 Å². The van der Waals surface area contributed by atoms with Crippen LogP contribution in [0.15, 0.2) is 41.3 Å². The number of rotatable bonds is 4. The van der Waals surface area contributed by atoms with Crippen molar-refractivity contribution >= 4 is 15.7 Å². The maximum absolute atomic E-state index is 11.5. The van der Waals surface area contributed by atoms with E-state index < -0.39 is 10.0 Å². The Hall–Kier alpha value is -2.05. The number of benzene rings is 2. The number of phenolic OH excluding ortho intramolecular Hbond substituents is 1. The second kappa shape index (κ2) is 5.75. The van der Waals surface area contributed by atoms with Crippen LogP contribution in [0.3, 0.4) is 0 Å². The molecule has 0 amide bonds. The van der Waals surface area contributed by atoms with E-state index in [1.165, 1.54) is 6.07 Å². The van der Waals surface area contributed by atoms with E-state index in [9.17, 15) is 13.5 Å². The summed E-state index contributed by atoms with van der Waals surface area (Å²) >= 11 is 0. The molecule has 21 heavy (non-hydrogen) atoms. The topological polar surface area (TPSA) is 92.4 Å². The summed E-state index contributed by atoms with van der Waals surface area (Å²) in [4.78, 5) is 0.0870. The zero-order valence-electron chi connectivity index (χ0n) is 11.9. The average molecular weight is 306 g/mol. The minimum atomic E-state index is -3.73. The predicted molar refractivity (Wildman–Crippen MR) is 82.7 cm³/mol. The van der Waals surface area contributed by atoms with Gasteiger partial charge in [-0.25, -0.2) is 13.6 Å². The Kier molecular flexibility index (Phi) is 4.20. The zero-order chi connectivity index (χ0) is 15.6. The van der Waals surface area contributed by atoms with E-state index in [-0.39, 0.29) is 10.6 Å². The van der Waals surface area contributed by atoms with Crippen LogP contribution in [0.4, 0.5) is 5.69 Å². The van der Waals surface area contributed by atoms with Crippen LogP contribution >= 0.6 is 0 Å². The highest BCUT2D eigenvalue weighted by molar-refractivity contribution is 7.89. The van der Waals surface area contributed by atoms with E-state index in [1.807, 2.05) is 19.9 Å². The number of nitrogens with two attached hydrogens (primary N) is 1. The number of aromatic hydroxyl groups is 1. The Morgan fingerprint density at radius 1 is 1.19 bits per heavy atom. The molecule has 0 aromatic heterocycles. The molecule has 0 heterocycles. The number of aryl methyl sites for hydroxylation is 1. The molecule has 0 saturated carbocycles. The Bertz CT molecular complexity index is 770. The van der Waals surface area contributed by atoms with Crippen molar-refractivity contribution in [2.75, 3.05) is 5.32 Å². The van der Waals surface area contributed by atoms with Crippen molar-refractivity contribution in [3.8, 4) is 5.75 Å². The fourth-order valence-corrected chi connectivity index (χ4v) is 2.66. The number of nitrogens with one attached hydrogen (secondary N) is 1. The molecule has 0 spiro atoms. The molecular weight excluding hydrogens is 288 g/mol. The van der Waals surface area contributed by atoms with Gasteiger partial charge in [0, 0.05) is 12.2 Å². The molecule has 0 fully saturated rings. The summed E-state index contributed by atoms with van der Waals surface area (Å²) in [6, 6.07) is 9.97. The van der Waals surface area contributed by atoms with Crippen LogP contribution in [0.1, 0.15) is 16.7 Å². The van der Waals surface area contributed by atoms with Crippen molar-refractivity contribution in [2.45, 2.75) is 25.3 Å². The van der Waals surface area contributed by atoms with Gasteiger partial charge in [-0.1, -0.05) is 12.1 Å². The van der Waals surface area contributed by atoms with Gasteiger partial charge in [-0.15, -0.1) is 0 Å². The molecule has 0 aliphatic heterocycles. The molecule has 2 aromatic rings. The zero-order valence-corrected chi connectivity index (χ0v) is 12.7. The second-order valence-corrected chi connectivity index (χ2v) is 6.54. The third-order valence-corrected chi connectivity index (χ3v) is 4.26. The summed E-state index contributed by atoms with van der Waals surface area (Å²) in [5.41, 5.74) is 3.41. The summed E-state index contributed by atoms with van der Waals surface area (Å²) in [6.45, 7) is 4.22. The van der Waals surface area contributed by atoms with Crippen molar-refractivity contribution in [1.29, 1.82) is 0 Å². The highest BCUT2D eigenvalue weighted by Gasteiger charge is 2.12. The van der Waals surface area contributed by atoms with E-state index >= 15 is 0 Å². The first-order valence-electron chi connectivity index (χ1n) is 6.43. The first-order valence-corrected chi connectivity index (χ1v) is 7.98. The first-order chi connectivity index (χ1) is 9.77. The molecule has 0 aliphatic rings. The van der Waals surface area contributed by atoms with Crippen molar-refractivity contribution in [2.24, 2.45) is 5.14 Å². The van der Waals surface area contributed by atoms with E-state index in [2.05, 4.69) is 5.32 Å². The van der Waals surface area contributed by atoms with Crippen molar-refractivity contribution in [3.05, 3.63) is 53.1 Å². The van der Waals surface area contributed by atoms with Gasteiger partial charge in [-0.2, -0.15) is 0 Å². The predicted octanol–water partition coefficient (Wildman–Crippen LogP) is 2.27. The molecule has 5 nitrogen and oxygen atoms in total. The number of hydrogen-bond acceptors (Lipinski definition) is 4. The summed E-state index contributed by atoms with van der Waals surface area (Å²) in [6.07, 6.45) is 0. The largest absolute Gasteiger partial charge is 0.508 e. The Balaban J connectivity index is 2.29. The molecular formula is C15H18N2O3S. The fraction of sp³-hybridized carbons (Fsp3) is 0.200. The third-order valence-electron chi connectivity index (χ3n) is 3.36. The van der Waals surface area contributed by atoms with Crippen LogP contribution in [-0.2, 0) is 16.6 Å². The van der Waals surface area contributed by atoms with Gasteiger partial charge in [0.05, 0.1) is 4.90 Å². The van der Waals surface area contributed by atoms with Crippen LogP contribution in [-0.4, -0.2) is 13.5 Å². The Morgan fingerprint density at radius 3 is 2.52 bits per heavy atom. The highest BCUT2D eigenvalue weighted by atomic mass is 32.2. The molecule has 6 heteroatoms. The maximum atomic E-state index is 11.5. The van der Waals surface area contributed by atoms with E-state index in [1.54, 1.807) is 24.3 Å². The SMILES string of the molecule is Cc1cc(S(N)(=O)=O)cc(NCc2cccc(O)c2)c1C. The van der Waals surface area contributed by atoms with Gasteiger partial charge in [-0.3, -0.25) is 0 Å². The van der Waals surface area contributed by atoms with Gasteiger partial charge < -0.3 is 10.4 Å². The van der Waals surface area contributed by atoms with Gasteiger partial charge in [-0.05, 0) is 54.8 Å². The van der Waals surface area contributed by atoms with Gasteiger partial charge >= 0.3 is 0 Å². The van der Waals surface area contributed by atoms with Crippen LogP contribution in [0, 0.1) is 13.8 Å². The summed E-state index contributed by atoms with van der Waals surface area (Å²) in [5, 5.41) is 17.8. The minimum Gasteiger partial charge on any atom is -0.508 e. The van der Waals surface area contributed by atoms with Crippen molar-refractivity contribution < 1.29 is 13.5 Å². The monoisotopic (exact) mass is 306 g/mol. The lowest BCUT2D eigenvalue weighted by atomic mass is 10.1. The molecule has 0 bridgehead atoms. The molecule has 2 aromatic carbocycles. The van der Waals surface area contributed by atoms with Crippen molar-refractivity contribution in [1.82, 2.24) is 0 Å². The maximum Gasteiger partial charge on any atom is 0.238 e. The lowest BCUT2D eigenvalue weighted by Crippen LogP contribution is -2.13. The quantitative estimate of drug-likeness (QED) is 0.808. The second-order valence-electron chi connectivity index (χ2n) is 4.98. The lowest BCUT2D eigenvalue weighted by Gasteiger charge is -2.13. The standard InChI is InChI=1S/C15H18N2O3S/c1-10-6-14(21(16,19)20)8-15(11(10)2)17-9-12-4-3-5-13(18)7-12/h3-8,17-18H,9H2,1-2H3,(H2,16,19,20). The normalized spacial score (nSPS) is 11.4. The first kappa shape index (κ1) is 15.3. The van der Waals surface area contributed by atoms with E-state index in [0.29, 0.717) is 12.2 Å². The van der Waals surface area contributed by atoms with E-state index in [4.69, 9.17) is 5.14 Å². The number of sulfonamides is 1. The fourth-order valence-electron chi connectivity index (χ4n) is 2.04. The number of hydrogen-bond donors (Lipinski definition) is 3. The van der Waals surface area contributed by atoms with Crippen LogP contribution in [0.25, 0.3) is 0 Å². The van der Waals surface area contributed by atoms with Crippen LogP contribution in [0.5, 0.6) is 5.75 Å². The third kappa shape index (κ3) is 3.74. The smallest absolute Gasteiger partial charge is 0.238 e. The summed E-state index contributed by atoms with van der Waals surface area (Å²) < 4.78 is 23.0. The van der Waals surface area contributed by atoms with Gasteiger partial charge in [0.1, 0.15) is 5.75 Å². The molecule has 0 atom stereocenters. The Labute approximate surface area is 124 Å². The number of primary sulfonamides is 1. The molecule has 4 N–H and O–H groups in total. The minimum absolute atomic E-state index is 0.0870. The molecule has 0 aliphatic carbocycles. The molecule has 0 saturated heterocycles. The number of anilines is 1. The molecule has 0 unspecified atom stereocenters. The Morgan fingerprint density at radius 2 is 1.90 bits per heavy atom. The van der Waals surface area contributed by atoms with Crippen molar-refractivity contribution in [3.63, 3.8) is 0 Å². The molecule has 0 radical (unpaired) electrons. The van der Waals surface area contributed by atoms with E-state index in [0.717, 1.165) is 16.7 Å². The average Bonchev–Trinajstić information content (AvgIpc) is 2.39. The highest BCUT2D eigenvalue weighted by Crippen LogP contribution is 2.24. The van der Waals surface area contributed by atoms with Crippen LogP contribution < -0.4 is 10.5 Å². The molecule has 2 rings (SSSR count).